The van der Waals surface area contributed by atoms with Crippen molar-refractivity contribution in [2.45, 2.75) is 81.1 Å². The summed E-state index contributed by atoms with van der Waals surface area (Å²) in [5, 5.41) is 10.8. The minimum Gasteiger partial charge on any atom is -0.363 e. The lowest BCUT2D eigenvalue weighted by Crippen LogP contribution is -2.58. The van der Waals surface area contributed by atoms with Crippen molar-refractivity contribution >= 4 is 10.0 Å². The number of fused-ring (bicyclic) bond motifs is 1. The van der Waals surface area contributed by atoms with Crippen molar-refractivity contribution in [1.82, 2.24) is 4.31 Å². The first-order valence-electron chi connectivity index (χ1n) is 8.80. The maximum atomic E-state index is 14.0. The number of alkyl halides is 3. The Kier molecular flexibility index (Phi) is 4.49. The van der Waals surface area contributed by atoms with Crippen molar-refractivity contribution in [1.29, 1.82) is 0 Å². The van der Waals surface area contributed by atoms with Gasteiger partial charge in [0.1, 0.15) is 0 Å². The van der Waals surface area contributed by atoms with Crippen molar-refractivity contribution < 1.29 is 26.7 Å². The Morgan fingerprint density at radius 1 is 1.12 bits per heavy atom. The smallest absolute Gasteiger partial charge is 0.363 e. The zero-order valence-corrected chi connectivity index (χ0v) is 15.9. The fourth-order valence-electron chi connectivity index (χ4n) is 3.95. The Hall–Kier alpha value is -1.12. The van der Waals surface area contributed by atoms with Gasteiger partial charge in [-0.3, -0.25) is 0 Å². The second-order valence-corrected chi connectivity index (χ2v) is 10.0. The molecule has 26 heavy (non-hydrogen) atoms. The maximum absolute atomic E-state index is 14.0. The van der Waals surface area contributed by atoms with Crippen molar-refractivity contribution in [3.8, 4) is 0 Å². The van der Waals surface area contributed by atoms with E-state index in [2.05, 4.69) is 0 Å². The molecule has 0 amide bonds. The molecule has 1 heterocycles. The van der Waals surface area contributed by atoms with Gasteiger partial charge in [-0.1, -0.05) is 46.1 Å². The Labute approximate surface area is 152 Å². The largest absolute Gasteiger partial charge is 0.436 e. The van der Waals surface area contributed by atoms with Crippen molar-refractivity contribution in [3.63, 3.8) is 0 Å². The first kappa shape index (κ1) is 19.6. The van der Waals surface area contributed by atoms with Gasteiger partial charge in [0.05, 0.1) is 4.90 Å². The molecule has 0 aromatic heterocycles. The highest BCUT2D eigenvalue weighted by Gasteiger charge is 2.69. The molecule has 0 saturated heterocycles. The maximum Gasteiger partial charge on any atom is 0.436 e. The van der Waals surface area contributed by atoms with E-state index in [0.29, 0.717) is 35.6 Å². The molecule has 1 aliphatic carbocycles. The normalized spacial score (nSPS) is 27.5. The molecular weight excluding hydrogens is 367 g/mol. The number of nitrogens with zero attached hydrogens (tertiary/aromatic N) is 1. The predicted octanol–water partition coefficient (Wildman–Crippen LogP) is 4.03. The molecule has 1 aromatic rings. The van der Waals surface area contributed by atoms with Crippen LogP contribution in [-0.2, 0) is 21.2 Å². The second-order valence-electron chi connectivity index (χ2n) is 8.22. The van der Waals surface area contributed by atoms with Gasteiger partial charge in [0.25, 0.3) is 5.72 Å². The van der Waals surface area contributed by atoms with Gasteiger partial charge in [-0.25, -0.2) is 8.42 Å². The number of hydrogen-bond donors (Lipinski definition) is 1. The first-order valence-corrected chi connectivity index (χ1v) is 10.2. The van der Waals surface area contributed by atoms with Gasteiger partial charge >= 0.3 is 6.18 Å². The molecule has 1 N–H and O–H groups in total. The number of hydrogen-bond acceptors (Lipinski definition) is 3. The molecule has 1 fully saturated rings. The molecule has 1 aromatic carbocycles. The van der Waals surface area contributed by atoms with Crippen LogP contribution >= 0.6 is 0 Å². The van der Waals surface area contributed by atoms with E-state index in [1.54, 1.807) is 0 Å². The topological polar surface area (TPSA) is 57.6 Å². The van der Waals surface area contributed by atoms with Gasteiger partial charge < -0.3 is 5.11 Å². The number of rotatable bonds is 1. The molecule has 146 valence electrons. The van der Waals surface area contributed by atoms with E-state index in [-0.39, 0.29) is 0 Å². The van der Waals surface area contributed by atoms with Crippen LogP contribution in [0.25, 0.3) is 0 Å². The predicted molar refractivity (Wildman–Crippen MR) is 91.0 cm³/mol. The van der Waals surface area contributed by atoms with E-state index in [1.165, 1.54) is 18.2 Å². The number of benzene rings is 1. The number of aliphatic hydroxyl groups is 1. The first-order chi connectivity index (χ1) is 11.8. The number of sulfonamides is 1. The van der Waals surface area contributed by atoms with E-state index in [1.807, 2.05) is 20.8 Å². The van der Waals surface area contributed by atoms with Crippen LogP contribution in [0.3, 0.4) is 0 Å². The molecule has 1 saturated carbocycles. The average molecular weight is 391 g/mol. The molecule has 8 heteroatoms. The molecule has 1 unspecified atom stereocenters. The summed E-state index contributed by atoms with van der Waals surface area (Å²) in [7, 11) is -4.44. The lowest BCUT2D eigenvalue weighted by molar-refractivity contribution is -0.310. The van der Waals surface area contributed by atoms with Crippen molar-refractivity contribution in [3.05, 3.63) is 29.3 Å². The third-order valence-electron chi connectivity index (χ3n) is 5.38. The summed E-state index contributed by atoms with van der Waals surface area (Å²) in [6.45, 7) is 5.47. The highest BCUT2D eigenvalue weighted by atomic mass is 32.2. The van der Waals surface area contributed by atoms with E-state index in [0.717, 1.165) is 6.42 Å². The second kappa shape index (κ2) is 5.94. The van der Waals surface area contributed by atoms with Crippen LogP contribution in [0.1, 0.15) is 64.0 Å². The van der Waals surface area contributed by atoms with Crippen LogP contribution < -0.4 is 0 Å². The highest BCUT2D eigenvalue weighted by Crippen LogP contribution is 2.54. The molecule has 4 nitrogen and oxygen atoms in total. The Bertz CT molecular complexity index is 808. The van der Waals surface area contributed by atoms with Gasteiger partial charge in [0.2, 0.25) is 10.0 Å². The summed E-state index contributed by atoms with van der Waals surface area (Å²) < 4.78 is 68.4. The third kappa shape index (κ3) is 2.77. The average Bonchev–Trinajstić information content (AvgIpc) is 2.71. The Balaban J connectivity index is 2.27. The summed E-state index contributed by atoms with van der Waals surface area (Å²) in [5.41, 5.74) is -4.05. The Morgan fingerprint density at radius 3 is 2.19 bits per heavy atom. The van der Waals surface area contributed by atoms with E-state index in [9.17, 15) is 26.7 Å². The van der Waals surface area contributed by atoms with Crippen molar-refractivity contribution in [2.75, 3.05) is 0 Å². The fraction of sp³-hybridized carbons (Fsp3) is 0.667. The summed E-state index contributed by atoms with van der Waals surface area (Å²) >= 11 is 0. The zero-order chi connectivity index (χ0) is 19.5. The lowest BCUT2D eigenvalue weighted by atomic mass is 9.84. The summed E-state index contributed by atoms with van der Waals surface area (Å²) in [6.07, 6.45) is -2.35. The Morgan fingerprint density at radius 2 is 1.69 bits per heavy atom. The molecule has 2 aliphatic rings. The van der Waals surface area contributed by atoms with Crippen LogP contribution in [0.15, 0.2) is 23.1 Å². The molecule has 0 radical (unpaired) electrons. The van der Waals surface area contributed by atoms with Crippen LogP contribution in [0.2, 0.25) is 0 Å². The summed E-state index contributed by atoms with van der Waals surface area (Å²) in [6, 6.07) is 3.07. The number of halogens is 3. The van der Waals surface area contributed by atoms with E-state index in [4.69, 9.17) is 0 Å². The standard InChI is InChI=1S/C18H24F3NO3S/c1-16(2,3)12-9-10-15-14(11-12)17(23,18(19,20)21)22(26(15,24)25)13-7-5-4-6-8-13/h9-11,13,23H,4-8H2,1-3H3. The van der Waals surface area contributed by atoms with Gasteiger partial charge in [0, 0.05) is 11.6 Å². The SMILES string of the molecule is CC(C)(C)c1ccc2c(c1)C(O)(C(F)(F)F)N(C1CCCCC1)S2(=O)=O. The highest BCUT2D eigenvalue weighted by molar-refractivity contribution is 7.89. The van der Waals surface area contributed by atoms with Crippen LogP contribution in [0, 0.1) is 0 Å². The molecule has 3 rings (SSSR count). The summed E-state index contributed by atoms with van der Waals surface area (Å²) in [5.74, 6) is 0. The minimum absolute atomic E-state index is 0.317. The molecular formula is C18H24F3NO3S. The quantitative estimate of drug-likeness (QED) is 0.786. The molecule has 1 aliphatic heterocycles. The minimum atomic E-state index is -5.14. The van der Waals surface area contributed by atoms with Crippen LogP contribution in [-0.4, -0.2) is 30.0 Å². The molecule has 0 spiro atoms. The van der Waals surface area contributed by atoms with Crippen molar-refractivity contribution in [2.24, 2.45) is 0 Å². The van der Waals surface area contributed by atoms with Gasteiger partial charge in [-0.2, -0.15) is 17.5 Å². The monoisotopic (exact) mass is 391 g/mol. The van der Waals surface area contributed by atoms with E-state index >= 15 is 0 Å². The van der Waals surface area contributed by atoms with Crippen LogP contribution in [0.5, 0.6) is 0 Å². The third-order valence-corrected chi connectivity index (χ3v) is 7.37. The van der Waals surface area contributed by atoms with Gasteiger partial charge in [-0.15, -0.1) is 0 Å². The zero-order valence-electron chi connectivity index (χ0n) is 15.1. The van der Waals surface area contributed by atoms with E-state index < -0.39 is 43.8 Å². The van der Waals surface area contributed by atoms with Gasteiger partial charge in [0.15, 0.2) is 0 Å². The fourth-order valence-corrected chi connectivity index (χ4v) is 6.03. The molecule has 0 bridgehead atoms. The molecule has 1 atom stereocenters. The lowest BCUT2D eigenvalue weighted by Gasteiger charge is -2.40. The van der Waals surface area contributed by atoms with Crippen LogP contribution in [0.4, 0.5) is 13.2 Å². The summed E-state index contributed by atoms with van der Waals surface area (Å²) in [4.78, 5) is -0.448. The van der Waals surface area contributed by atoms with Gasteiger partial charge in [-0.05, 0) is 36.0 Å².